The lowest BCUT2D eigenvalue weighted by Gasteiger charge is -2.31. The number of piperazine rings is 1. The van der Waals surface area contributed by atoms with E-state index in [1.165, 1.54) is 10.4 Å². The Balaban J connectivity index is 2.42. The Bertz CT molecular complexity index is 599. The normalized spacial score (nSPS) is 18.4. The molecule has 2 rings (SSSR count). The molecule has 0 atom stereocenters. The molecular formula is C12H17Cl2N3O2S. The number of benzene rings is 1. The summed E-state index contributed by atoms with van der Waals surface area (Å²) in [5.41, 5.74) is 6.10. The maximum atomic E-state index is 12.7. The molecule has 1 aromatic rings. The van der Waals surface area contributed by atoms with Gasteiger partial charge in [0.05, 0.1) is 5.02 Å². The first-order valence-corrected chi connectivity index (χ1v) is 8.42. The van der Waals surface area contributed by atoms with Crippen LogP contribution in [0.25, 0.3) is 0 Å². The molecule has 0 spiro atoms. The van der Waals surface area contributed by atoms with E-state index in [9.17, 15) is 8.42 Å². The zero-order valence-electron chi connectivity index (χ0n) is 11.1. The van der Waals surface area contributed by atoms with Gasteiger partial charge in [-0.25, -0.2) is 8.42 Å². The fourth-order valence-corrected chi connectivity index (χ4v) is 4.46. The molecule has 1 aliphatic heterocycles. The van der Waals surface area contributed by atoms with Gasteiger partial charge in [0.2, 0.25) is 10.0 Å². The molecule has 1 fully saturated rings. The number of hydrogen-bond donors (Lipinski definition) is 1. The zero-order chi connectivity index (χ0) is 14.9. The van der Waals surface area contributed by atoms with Crippen LogP contribution in [-0.2, 0) is 16.6 Å². The molecule has 0 unspecified atom stereocenters. The van der Waals surface area contributed by atoms with Crippen molar-refractivity contribution in [1.29, 1.82) is 0 Å². The van der Waals surface area contributed by atoms with E-state index in [4.69, 9.17) is 28.9 Å². The summed E-state index contributed by atoms with van der Waals surface area (Å²) in [7, 11) is -1.68. The maximum Gasteiger partial charge on any atom is 0.244 e. The zero-order valence-corrected chi connectivity index (χ0v) is 13.5. The molecule has 8 heteroatoms. The minimum atomic E-state index is -3.64. The van der Waals surface area contributed by atoms with Crippen LogP contribution in [-0.4, -0.2) is 50.8 Å². The van der Waals surface area contributed by atoms with Crippen molar-refractivity contribution in [3.05, 3.63) is 27.7 Å². The Morgan fingerprint density at radius 3 is 2.35 bits per heavy atom. The highest BCUT2D eigenvalue weighted by molar-refractivity contribution is 7.89. The highest BCUT2D eigenvalue weighted by atomic mass is 35.5. The first-order chi connectivity index (χ1) is 9.36. The molecule has 2 N–H and O–H groups in total. The lowest BCUT2D eigenvalue weighted by atomic mass is 10.2. The van der Waals surface area contributed by atoms with E-state index >= 15 is 0 Å². The molecule has 112 valence electrons. The third-order valence-corrected chi connectivity index (χ3v) is 6.08. The Morgan fingerprint density at radius 2 is 1.80 bits per heavy atom. The molecule has 0 saturated carbocycles. The minimum absolute atomic E-state index is 0.0386. The van der Waals surface area contributed by atoms with E-state index in [2.05, 4.69) is 4.90 Å². The number of likely N-dealkylation sites (N-methyl/N-ethyl adjacent to an activating group) is 1. The number of hydrogen-bond acceptors (Lipinski definition) is 4. The van der Waals surface area contributed by atoms with Crippen LogP contribution in [0.15, 0.2) is 17.0 Å². The van der Waals surface area contributed by atoms with Gasteiger partial charge >= 0.3 is 0 Å². The quantitative estimate of drug-likeness (QED) is 0.904. The topological polar surface area (TPSA) is 66.6 Å². The Labute approximate surface area is 129 Å². The number of halogens is 2. The second-order valence-corrected chi connectivity index (χ2v) is 7.51. The van der Waals surface area contributed by atoms with Crippen molar-refractivity contribution in [2.24, 2.45) is 5.73 Å². The summed E-state index contributed by atoms with van der Waals surface area (Å²) in [6.07, 6.45) is 0. The van der Waals surface area contributed by atoms with Crippen LogP contribution >= 0.6 is 23.2 Å². The van der Waals surface area contributed by atoms with Gasteiger partial charge in [0.15, 0.2) is 0 Å². The standard InChI is InChI=1S/C12H17Cl2N3O2S/c1-16-2-4-17(5-3-16)20(18,19)11-7-10(13)6-9(8-15)12(11)14/h6-7H,2-5,8,15H2,1H3. The molecule has 0 amide bonds. The monoisotopic (exact) mass is 337 g/mol. The van der Waals surface area contributed by atoms with Gasteiger partial charge in [0.25, 0.3) is 0 Å². The highest BCUT2D eigenvalue weighted by Crippen LogP contribution is 2.31. The number of rotatable bonds is 3. The van der Waals surface area contributed by atoms with E-state index in [1.807, 2.05) is 7.05 Å². The molecule has 1 aromatic carbocycles. The van der Waals surface area contributed by atoms with Gasteiger partial charge in [0.1, 0.15) is 4.90 Å². The van der Waals surface area contributed by atoms with Gasteiger partial charge in [0, 0.05) is 37.7 Å². The summed E-state index contributed by atoms with van der Waals surface area (Å²) in [5, 5.41) is 0.485. The van der Waals surface area contributed by atoms with Gasteiger partial charge in [-0.15, -0.1) is 0 Å². The van der Waals surface area contributed by atoms with Crippen LogP contribution < -0.4 is 5.73 Å². The Hall–Kier alpha value is -0.370. The highest BCUT2D eigenvalue weighted by Gasteiger charge is 2.30. The number of sulfonamides is 1. The van der Waals surface area contributed by atoms with E-state index in [-0.39, 0.29) is 16.5 Å². The van der Waals surface area contributed by atoms with Crippen molar-refractivity contribution >= 4 is 33.2 Å². The summed E-state index contributed by atoms with van der Waals surface area (Å²) in [4.78, 5) is 2.12. The predicted octanol–water partition coefficient (Wildman–Crippen LogP) is 1.39. The van der Waals surface area contributed by atoms with Crippen LogP contribution in [0.1, 0.15) is 5.56 Å². The Kier molecular flexibility index (Phi) is 4.94. The molecule has 1 saturated heterocycles. The second kappa shape index (κ2) is 6.17. The average Bonchev–Trinajstić information content (AvgIpc) is 2.41. The summed E-state index contributed by atoms with van der Waals surface area (Å²) < 4.78 is 26.8. The molecule has 1 aliphatic rings. The van der Waals surface area contributed by atoms with Gasteiger partial charge in [-0.1, -0.05) is 23.2 Å². The van der Waals surface area contributed by atoms with Gasteiger partial charge in [-0.05, 0) is 24.7 Å². The van der Waals surface area contributed by atoms with E-state index in [1.54, 1.807) is 6.07 Å². The smallest absolute Gasteiger partial charge is 0.244 e. The van der Waals surface area contributed by atoms with Crippen molar-refractivity contribution in [3.63, 3.8) is 0 Å². The molecule has 0 aliphatic carbocycles. The number of nitrogens with two attached hydrogens (primary N) is 1. The Morgan fingerprint density at radius 1 is 1.20 bits per heavy atom. The van der Waals surface area contributed by atoms with Crippen molar-refractivity contribution in [3.8, 4) is 0 Å². The molecule has 20 heavy (non-hydrogen) atoms. The van der Waals surface area contributed by atoms with E-state index < -0.39 is 10.0 Å². The fourth-order valence-electron chi connectivity index (χ4n) is 2.12. The summed E-state index contributed by atoms with van der Waals surface area (Å²) >= 11 is 12.1. The SMILES string of the molecule is CN1CCN(S(=O)(=O)c2cc(Cl)cc(CN)c2Cl)CC1. The predicted molar refractivity (Wildman–Crippen MR) is 80.6 cm³/mol. The molecule has 5 nitrogen and oxygen atoms in total. The molecule has 1 heterocycles. The molecular weight excluding hydrogens is 321 g/mol. The lowest BCUT2D eigenvalue weighted by molar-refractivity contribution is 0.222. The van der Waals surface area contributed by atoms with Crippen molar-refractivity contribution in [1.82, 2.24) is 9.21 Å². The molecule has 0 radical (unpaired) electrons. The van der Waals surface area contributed by atoms with Crippen molar-refractivity contribution < 1.29 is 8.42 Å². The fraction of sp³-hybridized carbons (Fsp3) is 0.500. The summed E-state index contributed by atoms with van der Waals surface area (Å²) in [6, 6.07) is 2.98. The third-order valence-electron chi connectivity index (χ3n) is 3.38. The van der Waals surface area contributed by atoms with Crippen LogP contribution in [0.2, 0.25) is 10.0 Å². The summed E-state index contributed by atoms with van der Waals surface area (Å²) in [5.74, 6) is 0. The third kappa shape index (κ3) is 3.10. The maximum absolute atomic E-state index is 12.7. The number of nitrogens with zero attached hydrogens (tertiary/aromatic N) is 2. The molecule has 0 aromatic heterocycles. The van der Waals surface area contributed by atoms with Gasteiger partial charge in [-0.2, -0.15) is 4.31 Å². The van der Waals surface area contributed by atoms with Crippen LogP contribution in [0.4, 0.5) is 0 Å². The van der Waals surface area contributed by atoms with E-state index in [0.29, 0.717) is 36.8 Å². The van der Waals surface area contributed by atoms with Crippen LogP contribution in [0, 0.1) is 0 Å². The minimum Gasteiger partial charge on any atom is -0.326 e. The van der Waals surface area contributed by atoms with Gasteiger partial charge < -0.3 is 10.6 Å². The first kappa shape index (κ1) is 16.0. The largest absolute Gasteiger partial charge is 0.326 e. The molecule has 0 bridgehead atoms. The lowest BCUT2D eigenvalue weighted by Crippen LogP contribution is -2.47. The average molecular weight is 338 g/mol. The van der Waals surface area contributed by atoms with Gasteiger partial charge in [-0.3, -0.25) is 0 Å². The summed E-state index contributed by atoms with van der Waals surface area (Å²) in [6.45, 7) is 2.42. The van der Waals surface area contributed by atoms with Crippen LogP contribution in [0.5, 0.6) is 0 Å². The first-order valence-electron chi connectivity index (χ1n) is 6.23. The van der Waals surface area contributed by atoms with Crippen molar-refractivity contribution in [2.75, 3.05) is 33.2 Å². The second-order valence-electron chi connectivity index (χ2n) is 4.79. The van der Waals surface area contributed by atoms with Crippen molar-refractivity contribution in [2.45, 2.75) is 11.4 Å². The van der Waals surface area contributed by atoms with Crippen LogP contribution in [0.3, 0.4) is 0 Å². The van der Waals surface area contributed by atoms with E-state index in [0.717, 1.165) is 0 Å².